The van der Waals surface area contributed by atoms with Crippen LogP contribution < -0.4 is 10.0 Å². The molecule has 0 spiro atoms. The molecule has 1 aromatic carbocycles. The van der Waals surface area contributed by atoms with Crippen molar-refractivity contribution in [2.75, 3.05) is 10.0 Å². The van der Waals surface area contributed by atoms with Crippen molar-refractivity contribution in [1.29, 1.82) is 0 Å². The van der Waals surface area contributed by atoms with E-state index in [9.17, 15) is 8.42 Å². The van der Waals surface area contributed by atoms with Crippen LogP contribution in [-0.2, 0) is 10.0 Å². The number of aryl methyl sites for hydroxylation is 2. The number of aromatic nitrogens is 3. The second-order valence-corrected chi connectivity index (χ2v) is 9.04. The minimum Gasteiger partial charge on any atom is -0.340 e. The van der Waals surface area contributed by atoms with Crippen LogP contribution in [0.4, 0.5) is 17.3 Å². The molecule has 142 valence electrons. The van der Waals surface area contributed by atoms with Gasteiger partial charge in [0, 0.05) is 16.8 Å². The third kappa shape index (κ3) is 3.54. The molecule has 0 fully saturated rings. The molecule has 0 saturated carbocycles. The second-order valence-electron chi connectivity index (χ2n) is 6.16. The molecule has 0 aliphatic rings. The number of nitrogens with one attached hydrogen (secondary N) is 2. The molecule has 0 unspecified atom stereocenters. The molecule has 0 bridgehead atoms. The molecule has 0 amide bonds. The molecular formula is C19H17N5O2S2. The Hall–Kier alpha value is -3.04. The number of sulfonamides is 1. The highest BCUT2D eigenvalue weighted by Crippen LogP contribution is 2.33. The highest BCUT2D eigenvalue weighted by molar-refractivity contribution is 7.92. The van der Waals surface area contributed by atoms with Gasteiger partial charge in [-0.25, -0.2) is 23.4 Å². The van der Waals surface area contributed by atoms with E-state index in [1.165, 1.54) is 29.5 Å². The lowest BCUT2D eigenvalue weighted by molar-refractivity contribution is 0.601. The first-order valence-electron chi connectivity index (χ1n) is 8.46. The maximum atomic E-state index is 12.5. The van der Waals surface area contributed by atoms with Gasteiger partial charge in [-0.2, -0.15) is 0 Å². The van der Waals surface area contributed by atoms with E-state index in [1.807, 2.05) is 6.92 Å². The average molecular weight is 412 g/mol. The molecule has 3 aromatic heterocycles. The van der Waals surface area contributed by atoms with E-state index in [2.05, 4.69) is 31.9 Å². The van der Waals surface area contributed by atoms with Crippen LogP contribution in [0.1, 0.15) is 10.4 Å². The summed E-state index contributed by atoms with van der Waals surface area (Å²) in [5.74, 6) is 0.977. The summed E-state index contributed by atoms with van der Waals surface area (Å²) in [5, 5.41) is 4.24. The Morgan fingerprint density at radius 1 is 0.964 bits per heavy atom. The first-order chi connectivity index (χ1) is 13.4. The van der Waals surface area contributed by atoms with Crippen molar-refractivity contribution in [2.24, 2.45) is 0 Å². The highest BCUT2D eigenvalue weighted by atomic mass is 32.2. The van der Waals surface area contributed by atoms with Crippen LogP contribution in [0.25, 0.3) is 10.2 Å². The lowest BCUT2D eigenvalue weighted by Gasteiger charge is -2.10. The van der Waals surface area contributed by atoms with Gasteiger partial charge in [0.25, 0.3) is 10.0 Å². The van der Waals surface area contributed by atoms with Crippen molar-refractivity contribution in [2.45, 2.75) is 18.7 Å². The monoisotopic (exact) mass is 411 g/mol. The van der Waals surface area contributed by atoms with E-state index >= 15 is 0 Å². The SMILES string of the molecule is Cc1sc2ncnc(Nc3ccc(S(=O)(=O)Nc4ccccn4)cc3)c2c1C. The largest absolute Gasteiger partial charge is 0.340 e. The van der Waals surface area contributed by atoms with E-state index in [0.717, 1.165) is 21.5 Å². The van der Waals surface area contributed by atoms with Crippen molar-refractivity contribution in [3.05, 3.63) is 65.4 Å². The van der Waals surface area contributed by atoms with Gasteiger partial charge in [-0.05, 0) is 55.8 Å². The number of benzene rings is 1. The number of rotatable bonds is 5. The normalized spacial score (nSPS) is 11.5. The zero-order valence-electron chi connectivity index (χ0n) is 15.2. The van der Waals surface area contributed by atoms with E-state index in [1.54, 1.807) is 41.7 Å². The van der Waals surface area contributed by atoms with Gasteiger partial charge in [0.15, 0.2) is 0 Å². The molecule has 3 heterocycles. The standard InChI is InChI=1S/C19H17N5O2S2/c1-12-13(2)27-19-17(12)18(21-11-22-19)23-14-6-8-15(9-7-14)28(25,26)24-16-5-3-4-10-20-16/h3-11H,1-2H3,(H,20,24)(H,21,22,23). The lowest BCUT2D eigenvalue weighted by Crippen LogP contribution is -2.13. The maximum absolute atomic E-state index is 12.5. The quantitative estimate of drug-likeness (QED) is 0.510. The van der Waals surface area contributed by atoms with Gasteiger partial charge in [-0.15, -0.1) is 11.3 Å². The molecule has 0 atom stereocenters. The summed E-state index contributed by atoms with van der Waals surface area (Å²) in [6, 6.07) is 11.5. The van der Waals surface area contributed by atoms with Crippen LogP contribution in [0, 0.1) is 13.8 Å². The van der Waals surface area contributed by atoms with Crippen LogP contribution in [0.2, 0.25) is 0 Å². The van der Waals surface area contributed by atoms with Gasteiger partial charge in [0.05, 0.1) is 10.3 Å². The summed E-state index contributed by atoms with van der Waals surface area (Å²) in [7, 11) is -3.71. The molecule has 4 aromatic rings. The third-order valence-electron chi connectivity index (χ3n) is 4.30. The Morgan fingerprint density at radius 3 is 2.46 bits per heavy atom. The van der Waals surface area contributed by atoms with Crippen LogP contribution in [0.5, 0.6) is 0 Å². The smallest absolute Gasteiger partial charge is 0.263 e. The zero-order chi connectivity index (χ0) is 19.7. The van der Waals surface area contributed by atoms with Crippen LogP contribution in [0.15, 0.2) is 59.9 Å². The Bertz CT molecular complexity index is 1240. The van der Waals surface area contributed by atoms with E-state index < -0.39 is 10.0 Å². The number of hydrogen-bond donors (Lipinski definition) is 2. The summed E-state index contributed by atoms with van der Waals surface area (Å²) >= 11 is 1.63. The predicted octanol–water partition coefficient (Wildman–Crippen LogP) is 4.25. The fraction of sp³-hybridized carbons (Fsp3) is 0.105. The minimum atomic E-state index is -3.71. The van der Waals surface area contributed by atoms with E-state index in [-0.39, 0.29) is 10.7 Å². The van der Waals surface area contributed by atoms with Gasteiger partial charge in [0.2, 0.25) is 0 Å². The summed E-state index contributed by atoms with van der Waals surface area (Å²) in [6.07, 6.45) is 3.05. The van der Waals surface area contributed by atoms with E-state index in [0.29, 0.717) is 5.82 Å². The predicted molar refractivity (Wildman–Crippen MR) is 112 cm³/mol. The second kappa shape index (κ2) is 7.17. The Labute approximate surface area is 166 Å². The van der Waals surface area contributed by atoms with Gasteiger partial charge in [0.1, 0.15) is 22.8 Å². The first kappa shape index (κ1) is 18.3. The van der Waals surface area contributed by atoms with Gasteiger partial charge < -0.3 is 5.32 Å². The molecule has 7 nitrogen and oxygen atoms in total. The number of hydrogen-bond acceptors (Lipinski definition) is 7. The molecule has 0 radical (unpaired) electrons. The average Bonchev–Trinajstić information content (AvgIpc) is 2.98. The fourth-order valence-electron chi connectivity index (χ4n) is 2.75. The number of thiophene rings is 1. The summed E-state index contributed by atoms with van der Waals surface area (Å²) in [6.45, 7) is 4.10. The van der Waals surface area contributed by atoms with Crippen LogP contribution in [0.3, 0.4) is 0 Å². The number of pyridine rings is 1. The fourth-order valence-corrected chi connectivity index (χ4v) is 4.76. The molecule has 4 rings (SSSR count). The topological polar surface area (TPSA) is 96.9 Å². The van der Waals surface area contributed by atoms with Crippen LogP contribution >= 0.6 is 11.3 Å². The van der Waals surface area contributed by atoms with Crippen molar-refractivity contribution in [3.63, 3.8) is 0 Å². The summed E-state index contributed by atoms with van der Waals surface area (Å²) in [4.78, 5) is 14.9. The van der Waals surface area contributed by atoms with Crippen molar-refractivity contribution < 1.29 is 8.42 Å². The number of fused-ring (bicyclic) bond motifs is 1. The maximum Gasteiger partial charge on any atom is 0.263 e. The minimum absolute atomic E-state index is 0.152. The molecule has 0 aliphatic heterocycles. The zero-order valence-corrected chi connectivity index (χ0v) is 16.8. The van der Waals surface area contributed by atoms with Gasteiger partial charge >= 0.3 is 0 Å². The molecular weight excluding hydrogens is 394 g/mol. The molecule has 0 aliphatic carbocycles. The Kier molecular flexibility index (Phi) is 4.70. The molecule has 9 heteroatoms. The van der Waals surface area contributed by atoms with Crippen LogP contribution in [-0.4, -0.2) is 23.4 Å². The van der Waals surface area contributed by atoms with Crippen molar-refractivity contribution in [3.8, 4) is 0 Å². The Balaban J connectivity index is 1.59. The van der Waals surface area contributed by atoms with Gasteiger partial charge in [-0.1, -0.05) is 6.07 Å². The Morgan fingerprint density at radius 2 is 1.75 bits per heavy atom. The number of nitrogens with zero attached hydrogens (tertiary/aromatic N) is 3. The number of anilines is 3. The molecule has 28 heavy (non-hydrogen) atoms. The molecule has 0 saturated heterocycles. The third-order valence-corrected chi connectivity index (χ3v) is 6.78. The lowest BCUT2D eigenvalue weighted by atomic mass is 10.2. The first-order valence-corrected chi connectivity index (χ1v) is 10.8. The van der Waals surface area contributed by atoms with Crippen molar-refractivity contribution in [1.82, 2.24) is 15.0 Å². The van der Waals surface area contributed by atoms with Gasteiger partial charge in [-0.3, -0.25) is 4.72 Å². The summed E-state index contributed by atoms with van der Waals surface area (Å²) < 4.78 is 27.5. The van der Waals surface area contributed by atoms with Crippen molar-refractivity contribution >= 4 is 48.9 Å². The highest BCUT2D eigenvalue weighted by Gasteiger charge is 2.15. The molecule has 2 N–H and O–H groups in total. The van der Waals surface area contributed by atoms with E-state index in [4.69, 9.17) is 0 Å². The summed E-state index contributed by atoms with van der Waals surface area (Å²) in [5.41, 5.74) is 1.88.